The summed E-state index contributed by atoms with van der Waals surface area (Å²) in [6.07, 6.45) is 0. The van der Waals surface area contributed by atoms with E-state index in [-0.39, 0.29) is 29.3 Å². The molecule has 0 fully saturated rings. The van der Waals surface area contributed by atoms with E-state index in [9.17, 15) is 0 Å². The summed E-state index contributed by atoms with van der Waals surface area (Å²) in [5.74, 6) is 0. The van der Waals surface area contributed by atoms with E-state index in [1.807, 2.05) is 0 Å². The molecular formula is C6H16As2. The SMILES string of the molecule is C[As](C)CC[As](C)C. The second-order valence-electron chi connectivity index (χ2n) is 2.61. The van der Waals surface area contributed by atoms with Crippen LogP contribution in [-0.2, 0) is 0 Å². The average molecular weight is 238 g/mol. The molecule has 2 heteroatoms. The van der Waals surface area contributed by atoms with Crippen molar-refractivity contribution in [3.8, 4) is 0 Å². The normalized spacial score (nSPS) is 11.2. The quantitative estimate of drug-likeness (QED) is 0.662. The molecule has 0 N–H and O–H groups in total. The maximum absolute atomic E-state index is 2.45. The van der Waals surface area contributed by atoms with Crippen molar-refractivity contribution in [1.82, 2.24) is 0 Å². The van der Waals surface area contributed by atoms with Crippen LogP contribution in [-0.4, -0.2) is 29.3 Å². The van der Waals surface area contributed by atoms with Crippen LogP contribution < -0.4 is 0 Å². The molecule has 0 saturated carbocycles. The zero-order valence-electron chi connectivity index (χ0n) is 6.31. The fourth-order valence-corrected chi connectivity index (χ4v) is 10.8. The molecule has 0 aromatic carbocycles. The van der Waals surface area contributed by atoms with Crippen LogP contribution in [0.2, 0.25) is 33.3 Å². The van der Waals surface area contributed by atoms with Gasteiger partial charge in [0.25, 0.3) is 0 Å². The number of hydrogen-bond acceptors (Lipinski definition) is 0. The molecule has 0 rings (SSSR count). The zero-order chi connectivity index (χ0) is 6.57. The summed E-state index contributed by atoms with van der Waals surface area (Å²) < 4.78 is 0. The van der Waals surface area contributed by atoms with Crippen LogP contribution in [0.5, 0.6) is 0 Å². The Morgan fingerprint density at radius 1 is 0.750 bits per heavy atom. The summed E-state index contributed by atoms with van der Waals surface area (Å²) in [7, 11) is 0. The van der Waals surface area contributed by atoms with Crippen LogP contribution in [0, 0.1) is 0 Å². The monoisotopic (exact) mass is 238 g/mol. The number of hydrogen-bond donors (Lipinski definition) is 0. The number of rotatable bonds is 3. The molecule has 0 bridgehead atoms. The second-order valence-corrected chi connectivity index (χ2v) is 13.5. The summed E-state index contributed by atoms with van der Waals surface area (Å²) in [5, 5.41) is 3.19. The second kappa shape index (κ2) is 4.95. The van der Waals surface area contributed by atoms with Crippen molar-refractivity contribution in [2.24, 2.45) is 0 Å². The third-order valence-corrected chi connectivity index (χ3v) is 7.35. The Morgan fingerprint density at radius 2 is 1.00 bits per heavy atom. The maximum atomic E-state index is 2.45. The first-order valence-corrected chi connectivity index (χ1v) is 13.1. The first-order valence-electron chi connectivity index (χ1n) is 2.92. The van der Waals surface area contributed by atoms with E-state index < -0.39 is 0 Å². The van der Waals surface area contributed by atoms with Gasteiger partial charge in [-0.15, -0.1) is 0 Å². The molecule has 0 aliphatic heterocycles. The third-order valence-electron chi connectivity index (χ3n) is 0.994. The van der Waals surface area contributed by atoms with Gasteiger partial charge in [0, 0.05) is 0 Å². The molecule has 0 aromatic heterocycles. The summed E-state index contributed by atoms with van der Waals surface area (Å²) in [5.41, 5.74) is 9.80. The average Bonchev–Trinajstić information content (AvgIpc) is 1.61. The summed E-state index contributed by atoms with van der Waals surface area (Å²) in [4.78, 5) is 0. The van der Waals surface area contributed by atoms with Crippen molar-refractivity contribution in [1.29, 1.82) is 0 Å². The Labute approximate surface area is 62.6 Å². The Hall–Kier alpha value is 1.12. The van der Waals surface area contributed by atoms with Crippen molar-refractivity contribution in [3.05, 3.63) is 0 Å². The third kappa shape index (κ3) is 7.12. The van der Waals surface area contributed by atoms with Gasteiger partial charge < -0.3 is 0 Å². The van der Waals surface area contributed by atoms with Gasteiger partial charge >= 0.3 is 62.6 Å². The first kappa shape index (κ1) is 9.12. The van der Waals surface area contributed by atoms with Gasteiger partial charge in [-0.1, -0.05) is 0 Å². The van der Waals surface area contributed by atoms with Gasteiger partial charge in [-0.3, -0.25) is 0 Å². The molecular weight excluding hydrogens is 222 g/mol. The van der Waals surface area contributed by atoms with Gasteiger partial charge in [0.05, 0.1) is 0 Å². The Bertz CT molecular complexity index is 42.5. The molecule has 0 amide bonds. The van der Waals surface area contributed by atoms with Gasteiger partial charge in [-0.25, -0.2) is 0 Å². The van der Waals surface area contributed by atoms with Crippen molar-refractivity contribution in [2.45, 2.75) is 33.3 Å². The van der Waals surface area contributed by atoms with Crippen molar-refractivity contribution >= 4 is 29.3 Å². The molecule has 0 atom stereocenters. The minimum absolute atomic E-state index is 0.246. The zero-order valence-corrected chi connectivity index (χ0v) is 10.1. The fraction of sp³-hybridized carbons (Fsp3) is 1.00. The van der Waals surface area contributed by atoms with Crippen LogP contribution in [0.15, 0.2) is 0 Å². The van der Waals surface area contributed by atoms with Gasteiger partial charge in [0.15, 0.2) is 0 Å². The van der Waals surface area contributed by atoms with Crippen LogP contribution in [0.25, 0.3) is 0 Å². The summed E-state index contributed by atoms with van der Waals surface area (Å²) >= 11 is -0.492. The van der Waals surface area contributed by atoms with Crippen molar-refractivity contribution in [3.63, 3.8) is 0 Å². The van der Waals surface area contributed by atoms with Gasteiger partial charge in [-0.05, 0) is 0 Å². The summed E-state index contributed by atoms with van der Waals surface area (Å²) in [6.45, 7) is 0. The molecule has 0 saturated heterocycles. The standard InChI is InChI=1S/C6H16As2/c1-7(2)5-6-8(3)4/h5-6H2,1-4H3. The fourth-order valence-electron chi connectivity index (χ4n) is 0.400. The van der Waals surface area contributed by atoms with Crippen LogP contribution in [0.3, 0.4) is 0 Å². The van der Waals surface area contributed by atoms with Crippen LogP contribution in [0.1, 0.15) is 0 Å². The molecule has 8 heavy (non-hydrogen) atoms. The summed E-state index contributed by atoms with van der Waals surface area (Å²) in [6, 6.07) is 0. The van der Waals surface area contributed by atoms with E-state index in [2.05, 4.69) is 22.8 Å². The molecule has 0 heterocycles. The van der Waals surface area contributed by atoms with Gasteiger partial charge in [-0.2, -0.15) is 0 Å². The molecule has 0 aliphatic rings. The minimum atomic E-state index is -0.246. The van der Waals surface area contributed by atoms with Gasteiger partial charge in [0.1, 0.15) is 0 Å². The van der Waals surface area contributed by atoms with Crippen molar-refractivity contribution < 1.29 is 0 Å². The molecule has 0 nitrogen and oxygen atoms in total. The first-order chi connectivity index (χ1) is 3.63. The Kier molecular flexibility index (Phi) is 5.64. The predicted octanol–water partition coefficient (Wildman–Crippen LogP) is 2.50. The molecule has 50 valence electrons. The van der Waals surface area contributed by atoms with E-state index in [1.54, 1.807) is 10.4 Å². The van der Waals surface area contributed by atoms with Gasteiger partial charge in [0.2, 0.25) is 0 Å². The molecule has 0 unspecified atom stereocenters. The van der Waals surface area contributed by atoms with E-state index in [0.717, 1.165) is 0 Å². The van der Waals surface area contributed by atoms with E-state index in [1.165, 1.54) is 0 Å². The molecule has 0 spiro atoms. The topological polar surface area (TPSA) is 0 Å². The molecule has 0 aliphatic carbocycles. The van der Waals surface area contributed by atoms with Crippen LogP contribution in [0.4, 0.5) is 0 Å². The van der Waals surface area contributed by atoms with Crippen molar-refractivity contribution in [2.75, 3.05) is 0 Å². The molecule has 0 radical (unpaired) electrons. The Balaban J connectivity index is 2.93. The van der Waals surface area contributed by atoms with E-state index >= 15 is 0 Å². The van der Waals surface area contributed by atoms with E-state index in [0.29, 0.717) is 0 Å². The predicted molar refractivity (Wildman–Crippen MR) is 44.6 cm³/mol. The van der Waals surface area contributed by atoms with E-state index in [4.69, 9.17) is 0 Å². The van der Waals surface area contributed by atoms with Crippen LogP contribution >= 0.6 is 0 Å². The Morgan fingerprint density at radius 3 is 1.12 bits per heavy atom. The molecule has 0 aromatic rings.